The predicted molar refractivity (Wildman–Crippen MR) is 131 cm³/mol. The lowest BCUT2D eigenvalue weighted by molar-refractivity contribution is 0.0782. The maximum absolute atomic E-state index is 14.8. The number of aromatic nitrogens is 4. The van der Waals surface area contributed by atoms with Gasteiger partial charge in [-0.2, -0.15) is 5.10 Å². The number of benzene rings is 2. The molecule has 0 unspecified atom stereocenters. The number of ketones is 1. The standard InChI is InChI=1S/C25H23F2N5O4S/c1-37(34,35)19-5-6-22(21(27)12-19)32-24-20(13-30-32)25(29-15-28-24)36-18-7-9-31(10-8-18)14-23(33)16-3-2-4-17(26)11-16/h2-6,11-13,15,18H,7-10,14H2,1H3. The van der Waals surface area contributed by atoms with E-state index in [-0.39, 0.29) is 29.0 Å². The smallest absolute Gasteiger partial charge is 0.228 e. The molecule has 0 amide bonds. The van der Waals surface area contributed by atoms with Crippen molar-refractivity contribution in [1.82, 2.24) is 24.6 Å². The number of fused-ring (bicyclic) bond motifs is 1. The Morgan fingerprint density at radius 2 is 1.89 bits per heavy atom. The Labute approximate surface area is 211 Å². The molecule has 1 aliphatic heterocycles. The van der Waals surface area contributed by atoms with Gasteiger partial charge in [-0.25, -0.2) is 31.8 Å². The summed E-state index contributed by atoms with van der Waals surface area (Å²) in [6, 6.07) is 9.27. The highest BCUT2D eigenvalue weighted by atomic mass is 32.2. The van der Waals surface area contributed by atoms with Crippen LogP contribution < -0.4 is 4.74 Å². The highest BCUT2D eigenvalue weighted by Crippen LogP contribution is 2.27. The fraction of sp³-hybridized carbons (Fsp3) is 0.280. The molecule has 0 aliphatic carbocycles. The summed E-state index contributed by atoms with van der Waals surface area (Å²) in [5.41, 5.74) is 0.707. The number of hydrogen-bond donors (Lipinski definition) is 0. The van der Waals surface area contributed by atoms with Crippen molar-refractivity contribution in [3.05, 3.63) is 72.2 Å². The van der Waals surface area contributed by atoms with Crippen LogP contribution in [0.25, 0.3) is 16.7 Å². The van der Waals surface area contributed by atoms with E-state index in [1.807, 2.05) is 4.90 Å². The third-order valence-electron chi connectivity index (χ3n) is 6.23. The maximum atomic E-state index is 14.8. The Morgan fingerprint density at radius 1 is 1.11 bits per heavy atom. The first-order valence-electron chi connectivity index (χ1n) is 11.6. The summed E-state index contributed by atoms with van der Waals surface area (Å²) in [6.45, 7) is 1.44. The molecule has 5 rings (SSSR count). The number of Topliss-reactive ketones (excluding diaryl/α,β-unsaturated/α-hetero) is 1. The van der Waals surface area contributed by atoms with E-state index in [2.05, 4.69) is 15.1 Å². The summed E-state index contributed by atoms with van der Waals surface area (Å²) in [7, 11) is -3.56. The lowest BCUT2D eigenvalue weighted by Gasteiger charge is -2.31. The minimum Gasteiger partial charge on any atom is -0.474 e. The third kappa shape index (κ3) is 5.35. The molecule has 4 aromatic rings. The van der Waals surface area contributed by atoms with E-state index in [4.69, 9.17) is 4.74 Å². The Balaban J connectivity index is 1.27. The largest absolute Gasteiger partial charge is 0.474 e. The summed E-state index contributed by atoms with van der Waals surface area (Å²) >= 11 is 0. The molecule has 3 heterocycles. The highest BCUT2D eigenvalue weighted by Gasteiger charge is 2.24. The highest BCUT2D eigenvalue weighted by molar-refractivity contribution is 7.90. The second kappa shape index (κ2) is 9.94. The van der Waals surface area contributed by atoms with Gasteiger partial charge in [-0.15, -0.1) is 0 Å². The number of rotatable bonds is 7. The second-order valence-corrected chi connectivity index (χ2v) is 10.9. The van der Waals surface area contributed by atoms with Crippen LogP contribution >= 0.6 is 0 Å². The molecular formula is C25H23F2N5O4S. The van der Waals surface area contributed by atoms with Crippen molar-refractivity contribution in [3.63, 3.8) is 0 Å². The Morgan fingerprint density at radius 3 is 2.59 bits per heavy atom. The number of ether oxygens (including phenoxy) is 1. The van der Waals surface area contributed by atoms with E-state index in [1.165, 1.54) is 47.5 Å². The molecule has 0 saturated carbocycles. The van der Waals surface area contributed by atoms with Gasteiger partial charge in [0.05, 0.1) is 17.6 Å². The monoisotopic (exact) mass is 527 g/mol. The second-order valence-electron chi connectivity index (χ2n) is 8.88. The van der Waals surface area contributed by atoms with Gasteiger partial charge in [0.1, 0.15) is 35.1 Å². The molecule has 2 aromatic carbocycles. The molecule has 37 heavy (non-hydrogen) atoms. The number of nitrogens with zero attached hydrogens (tertiary/aromatic N) is 5. The first-order chi connectivity index (χ1) is 17.7. The topological polar surface area (TPSA) is 107 Å². The molecule has 0 spiro atoms. The molecule has 192 valence electrons. The van der Waals surface area contributed by atoms with Gasteiger partial charge in [0.2, 0.25) is 5.88 Å². The van der Waals surface area contributed by atoms with Crippen molar-refractivity contribution in [2.45, 2.75) is 23.8 Å². The van der Waals surface area contributed by atoms with Crippen LogP contribution in [0, 0.1) is 11.6 Å². The first-order valence-corrected chi connectivity index (χ1v) is 13.4. The average Bonchev–Trinajstić information content (AvgIpc) is 3.29. The first kappa shape index (κ1) is 24.9. The van der Waals surface area contributed by atoms with Crippen LogP contribution in [0.4, 0.5) is 8.78 Å². The molecule has 0 N–H and O–H groups in total. The number of sulfone groups is 1. The zero-order chi connectivity index (χ0) is 26.2. The molecule has 9 nitrogen and oxygen atoms in total. The van der Waals surface area contributed by atoms with Gasteiger partial charge in [-0.1, -0.05) is 12.1 Å². The van der Waals surface area contributed by atoms with E-state index < -0.39 is 21.5 Å². The van der Waals surface area contributed by atoms with Gasteiger partial charge in [0, 0.05) is 24.9 Å². The van der Waals surface area contributed by atoms with E-state index in [0.717, 1.165) is 12.3 Å². The van der Waals surface area contributed by atoms with Gasteiger partial charge < -0.3 is 4.74 Å². The number of halogens is 2. The molecule has 1 aliphatic rings. The van der Waals surface area contributed by atoms with Crippen LogP contribution in [0.15, 0.2) is 59.9 Å². The number of carbonyl (C=O) groups excluding carboxylic acids is 1. The molecule has 1 saturated heterocycles. The van der Waals surface area contributed by atoms with Crippen molar-refractivity contribution in [3.8, 4) is 11.6 Å². The molecule has 1 fully saturated rings. The summed E-state index contributed by atoms with van der Waals surface area (Å²) in [6.07, 6.45) is 4.92. The normalized spacial score (nSPS) is 15.2. The van der Waals surface area contributed by atoms with Crippen LogP contribution in [0.2, 0.25) is 0 Å². The number of carbonyl (C=O) groups is 1. The van der Waals surface area contributed by atoms with Crippen molar-refractivity contribution >= 4 is 26.7 Å². The molecular weight excluding hydrogens is 504 g/mol. The number of piperidine rings is 1. The van der Waals surface area contributed by atoms with Crippen molar-refractivity contribution in [2.24, 2.45) is 0 Å². The van der Waals surface area contributed by atoms with E-state index >= 15 is 0 Å². The Hall–Kier alpha value is -3.77. The van der Waals surface area contributed by atoms with Crippen LogP contribution in [-0.2, 0) is 9.84 Å². The van der Waals surface area contributed by atoms with Gasteiger partial charge >= 0.3 is 0 Å². The molecule has 12 heteroatoms. The van der Waals surface area contributed by atoms with Crippen molar-refractivity contribution in [1.29, 1.82) is 0 Å². The lowest BCUT2D eigenvalue weighted by atomic mass is 10.1. The summed E-state index contributed by atoms with van der Waals surface area (Å²) in [5, 5.41) is 4.71. The van der Waals surface area contributed by atoms with Crippen LogP contribution in [-0.4, -0.2) is 70.8 Å². The quantitative estimate of drug-likeness (QED) is 0.337. The zero-order valence-corrected chi connectivity index (χ0v) is 20.7. The van der Waals surface area contributed by atoms with Gasteiger partial charge in [0.15, 0.2) is 21.3 Å². The van der Waals surface area contributed by atoms with Gasteiger partial charge in [-0.3, -0.25) is 9.69 Å². The van der Waals surface area contributed by atoms with Crippen molar-refractivity contribution in [2.75, 3.05) is 25.9 Å². The third-order valence-corrected chi connectivity index (χ3v) is 7.34. The Kier molecular flexibility index (Phi) is 6.69. The SMILES string of the molecule is CS(=O)(=O)c1ccc(-n2ncc3c(OC4CCN(CC(=O)c5cccc(F)c5)CC4)ncnc32)c(F)c1. The van der Waals surface area contributed by atoms with E-state index in [9.17, 15) is 22.0 Å². The van der Waals surface area contributed by atoms with E-state index in [1.54, 1.807) is 6.07 Å². The maximum Gasteiger partial charge on any atom is 0.228 e. The van der Waals surface area contributed by atoms with Crippen LogP contribution in [0.3, 0.4) is 0 Å². The molecule has 0 atom stereocenters. The zero-order valence-electron chi connectivity index (χ0n) is 19.8. The minimum atomic E-state index is -3.56. The number of likely N-dealkylation sites (tertiary alicyclic amines) is 1. The Bertz CT molecular complexity index is 1580. The summed E-state index contributed by atoms with van der Waals surface area (Å²) in [5.74, 6) is -1.03. The fourth-order valence-electron chi connectivity index (χ4n) is 4.28. The van der Waals surface area contributed by atoms with E-state index in [0.29, 0.717) is 48.4 Å². The minimum absolute atomic E-state index is 0.0447. The molecule has 0 radical (unpaired) electrons. The van der Waals surface area contributed by atoms with Crippen molar-refractivity contribution < 1.29 is 26.7 Å². The molecule has 2 aromatic heterocycles. The predicted octanol–water partition coefficient (Wildman–Crippen LogP) is 3.22. The van der Waals surface area contributed by atoms with Gasteiger partial charge in [0.25, 0.3) is 0 Å². The van der Waals surface area contributed by atoms with Crippen LogP contribution in [0.5, 0.6) is 5.88 Å². The van der Waals surface area contributed by atoms with Gasteiger partial charge in [-0.05, 0) is 43.2 Å². The molecule has 0 bridgehead atoms. The summed E-state index contributed by atoms with van der Waals surface area (Å²) in [4.78, 5) is 22.8. The average molecular weight is 528 g/mol. The lowest BCUT2D eigenvalue weighted by Crippen LogP contribution is -2.40. The number of hydrogen-bond acceptors (Lipinski definition) is 8. The summed E-state index contributed by atoms with van der Waals surface area (Å²) < 4.78 is 59.0. The van der Waals surface area contributed by atoms with Crippen LogP contribution in [0.1, 0.15) is 23.2 Å². The fourth-order valence-corrected chi connectivity index (χ4v) is 4.92.